The maximum Gasteiger partial charge on any atom is 0.350 e. The van der Waals surface area contributed by atoms with Gasteiger partial charge in [0.05, 0.1) is 31.6 Å². The molecule has 3 aromatic carbocycles. The highest BCUT2D eigenvalue weighted by molar-refractivity contribution is 5.54. The number of ether oxygens (including phenoxy) is 4. The van der Waals surface area contributed by atoms with Gasteiger partial charge in [-0.1, -0.05) is 6.92 Å². The van der Waals surface area contributed by atoms with Gasteiger partial charge in [0.25, 0.3) is 0 Å². The number of aromatic nitrogens is 5. The predicted octanol–water partition coefficient (Wildman–Crippen LogP) is 5.02. The van der Waals surface area contributed by atoms with Crippen molar-refractivity contribution in [2.75, 3.05) is 56.3 Å². The average molecular weight is 678 g/mol. The molecule has 0 saturated carbocycles. The molecular weight excluding hydrogens is 634 g/mol. The van der Waals surface area contributed by atoms with E-state index in [4.69, 9.17) is 18.9 Å². The van der Waals surface area contributed by atoms with Crippen LogP contribution >= 0.6 is 0 Å². The second kappa shape index (κ2) is 14.7. The second-order valence-electron chi connectivity index (χ2n) is 12.7. The summed E-state index contributed by atoms with van der Waals surface area (Å²) in [4.78, 5) is 17.6. The highest BCUT2D eigenvalue weighted by Crippen LogP contribution is 2.38. The number of anilines is 2. The molecule has 50 heavy (non-hydrogen) atoms. The van der Waals surface area contributed by atoms with Gasteiger partial charge in [-0.25, -0.2) is 14.0 Å². The van der Waals surface area contributed by atoms with Crippen molar-refractivity contribution in [3.8, 4) is 17.2 Å². The minimum atomic E-state index is -0.964. The minimum Gasteiger partial charge on any atom is -0.497 e. The van der Waals surface area contributed by atoms with Crippen LogP contribution in [0.15, 0.2) is 102 Å². The lowest BCUT2D eigenvalue weighted by Crippen LogP contribution is -2.46. The average Bonchev–Trinajstić information content (AvgIpc) is 3.78. The zero-order valence-corrected chi connectivity index (χ0v) is 28.7. The van der Waals surface area contributed by atoms with Gasteiger partial charge in [-0.3, -0.25) is 0 Å². The fraction of sp³-hybridized carbons (Fsp3) is 0.368. The molecule has 0 N–H and O–H groups in total. The lowest BCUT2D eigenvalue weighted by molar-refractivity contribution is -0.178. The summed E-state index contributed by atoms with van der Waals surface area (Å²) >= 11 is 0. The summed E-state index contributed by atoms with van der Waals surface area (Å²) in [7, 11) is 1.65. The Morgan fingerprint density at radius 1 is 0.860 bits per heavy atom. The molecule has 0 aliphatic carbocycles. The third kappa shape index (κ3) is 7.08. The van der Waals surface area contributed by atoms with Crippen molar-refractivity contribution in [1.82, 2.24) is 24.5 Å². The quantitative estimate of drug-likeness (QED) is 0.179. The molecule has 2 saturated heterocycles. The Kier molecular flexibility index (Phi) is 9.81. The van der Waals surface area contributed by atoms with Crippen LogP contribution in [0.5, 0.6) is 11.5 Å². The molecule has 1 unspecified atom stereocenters. The summed E-state index contributed by atoms with van der Waals surface area (Å²) in [5.41, 5.74) is 4.88. The number of benzene rings is 3. The van der Waals surface area contributed by atoms with E-state index in [1.54, 1.807) is 35.1 Å². The topological polar surface area (TPSA) is 109 Å². The first-order chi connectivity index (χ1) is 24.4. The van der Waals surface area contributed by atoms with Crippen LogP contribution in [0.2, 0.25) is 0 Å². The van der Waals surface area contributed by atoms with Gasteiger partial charge < -0.3 is 28.7 Å². The van der Waals surface area contributed by atoms with Crippen LogP contribution in [-0.2, 0) is 21.7 Å². The monoisotopic (exact) mass is 677 g/mol. The normalized spacial score (nSPS) is 19.8. The SMILES string of the molecule is CCC(C)n1ncn(-c2ccc(N3CCN(c4ccc(OC[C@@H]5CO[C@@](Cc6ccnnc6)(c6ccc(OC)cc6)O5)cc4)CC3)cc2)c1=O. The first-order valence-electron chi connectivity index (χ1n) is 17.2. The zero-order chi connectivity index (χ0) is 34.5. The molecule has 4 heterocycles. The van der Waals surface area contributed by atoms with Crippen LogP contribution in [-0.4, -0.2) is 77.2 Å². The van der Waals surface area contributed by atoms with Crippen molar-refractivity contribution in [1.29, 1.82) is 0 Å². The summed E-state index contributed by atoms with van der Waals surface area (Å²) < 4.78 is 27.6. The summed E-state index contributed by atoms with van der Waals surface area (Å²) in [6.07, 6.45) is 6.10. The largest absolute Gasteiger partial charge is 0.497 e. The molecule has 2 aromatic heterocycles. The van der Waals surface area contributed by atoms with E-state index in [1.165, 1.54) is 0 Å². The number of nitrogens with zero attached hydrogens (tertiary/aromatic N) is 7. The van der Waals surface area contributed by atoms with Crippen molar-refractivity contribution in [3.05, 3.63) is 119 Å². The van der Waals surface area contributed by atoms with Gasteiger partial charge in [0.15, 0.2) is 5.79 Å². The molecule has 260 valence electrons. The molecule has 0 bridgehead atoms. The number of hydrogen-bond acceptors (Lipinski definition) is 10. The standard InChI is InChI=1S/C38H43N7O5/c1-4-28(2)45-37(46)44(27-41-45)33-9-7-31(8-10-33)42-19-21-43(22-20-42)32-11-15-35(16-12-32)48-25-36-26-49-38(50-36,23-29-17-18-39-40-24-29)30-5-13-34(47-3)14-6-30/h5-18,24,27-28,36H,4,19-23,25-26H2,1-3H3/t28?,36-,38-/m1/s1. The molecule has 0 radical (unpaired) electrons. The van der Waals surface area contributed by atoms with E-state index in [2.05, 4.69) is 56.3 Å². The summed E-state index contributed by atoms with van der Waals surface area (Å²) in [6.45, 7) is 8.41. The molecular formula is C38H43N7O5. The molecule has 7 rings (SSSR count). The maximum absolute atomic E-state index is 12.8. The number of piperazine rings is 1. The van der Waals surface area contributed by atoms with Crippen LogP contribution in [0, 0.1) is 0 Å². The van der Waals surface area contributed by atoms with Crippen molar-refractivity contribution in [3.63, 3.8) is 0 Å². The van der Waals surface area contributed by atoms with Gasteiger partial charge in [-0.15, -0.1) is 0 Å². The van der Waals surface area contributed by atoms with E-state index < -0.39 is 5.79 Å². The van der Waals surface area contributed by atoms with Crippen molar-refractivity contribution < 1.29 is 18.9 Å². The number of hydrogen-bond donors (Lipinski definition) is 0. The Morgan fingerprint density at radius 3 is 2.12 bits per heavy atom. The van der Waals surface area contributed by atoms with Gasteiger partial charge in [-0.2, -0.15) is 15.3 Å². The second-order valence-corrected chi connectivity index (χ2v) is 12.7. The fourth-order valence-electron chi connectivity index (χ4n) is 6.49. The van der Waals surface area contributed by atoms with E-state index in [1.807, 2.05) is 61.5 Å². The third-order valence-corrected chi connectivity index (χ3v) is 9.58. The van der Waals surface area contributed by atoms with Crippen molar-refractivity contribution in [2.24, 2.45) is 0 Å². The minimum absolute atomic E-state index is 0.0686. The Balaban J connectivity index is 0.922. The lowest BCUT2D eigenvalue weighted by atomic mass is 9.98. The molecule has 12 heteroatoms. The summed E-state index contributed by atoms with van der Waals surface area (Å²) in [6, 6.07) is 26.2. The third-order valence-electron chi connectivity index (χ3n) is 9.58. The van der Waals surface area contributed by atoms with Gasteiger partial charge in [0, 0.05) is 55.7 Å². The van der Waals surface area contributed by atoms with Crippen LogP contribution in [0.3, 0.4) is 0 Å². The maximum atomic E-state index is 12.8. The van der Waals surface area contributed by atoms with Gasteiger partial charge >= 0.3 is 5.69 Å². The lowest BCUT2D eigenvalue weighted by Gasteiger charge is -2.37. The first-order valence-corrected chi connectivity index (χ1v) is 17.2. The first kappa shape index (κ1) is 33.3. The summed E-state index contributed by atoms with van der Waals surface area (Å²) in [5.74, 6) is 0.587. The van der Waals surface area contributed by atoms with E-state index in [9.17, 15) is 4.79 Å². The van der Waals surface area contributed by atoms with Crippen LogP contribution < -0.4 is 25.0 Å². The highest BCUT2D eigenvalue weighted by Gasteiger charge is 2.44. The van der Waals surface area contributed by atoms with E-state index in [0.29, 0.717) is 19.6 Å². The van der Waals surface area contributed by atoms with E-state index in [-0.39, 0.29) is 17.8 Å². The van der Waals surface area contributed by atoms with Gasteiger partial charge in [-0.05, 0) is 97.8 Å². The van der Waals surface area contributed by atoms with Gasteiger partial charge in [0.2, 0.25) is 0 Å². The molecule has 2 fully saturated rings. The molecule has 0 spiro atoms. The molecule has 5 aromatic rings. The molecule has 12 nitrogen and oxygen atoms in total. The zero-order valence-electron chi connectivity index (χ0n) is 28.7. The Morgan fingerprint density at radius 2 is 1.50 bits per heavy atom. The number of methoxy groups -OCH3 is 1. The Bertz CT molecular complexity index is 1890. The van der Waals surface area contributed by atoms with E-state index in [0.717, 1.165) is 72.3 Å². The van der Waals surface area contributed by atoms with Crippen LogP contribution in [0.25, 0.3) is 5.69 Å². The van der Waals surface area contributed by atoms with Gasteiger partial charge in [0.1, 0.15) is 30.5 Å². The predicted molar refractivity (Wildman–Crippen MR) is 190 cm³/mol. The smallest absolute Gasteiger partial charge is 0.350 e. The van der Waals surface area contributed by atoms with Crippen molar-refractivity contribution in [2.45, 2.75) is 44.6 Å². The summed E-state index contributed by atoms with van der Waals surface area (Å²) in [5, 5.41) is 12.2. The molecule has 2 aliphatic heterocycles. The molecule has 2 aliphatic rings. The highest BCUT2D eigenvalue weighted by atomic mass is 16.8. The van der Waals surface area contributed by atoms with E-state index >= 15 is 0 Å². The Hall–Kier alpha value is -5.20. The number of rotatable bonds is 12. The van der Waals surface area contributed by atoms with Crippen LogP contribution in [0.4, 0.5) is 11.4 Å². The molecule has 3 atom stereocenters. The van der Waals surface area contributed by atoms with Crippen LogP contribution in [0.1, 0.15) is 37.4 Å². The van der Waals surface area contributed by atoms with Crippen molar-refractivity contribution >= 4 is 11.4 Å². The molecule has 0 amide bonds. The Labute approximate surface area is 291 Å². The fourth-order valence-corrected chi connectivity index (χ4v) is 6.49.